The van der Waals surface area contributed by atoms with Crippen LogP contribution in [0, 0.1) is 0 Å². The molecule has 0 bridgehead atoms. The van der Waals surface area contributed by atoms with E-state index in [1.807, 2.05) is 0 Å². The molecule has 0 unspecified atom stereocenters. The van der Waals surface area contributed by atoms with E-state index in [2.05, 4.69) is 15.9 Å². The zero-order valence-corrected chi connectivity index (χ0v) is 20.9. The maximum absolute atomic E-state index is 10.7. The van der Waals surface area contributed by atoms with E-state index in [4.69, 9.17) is 9.79 Å². The largest absolute Gasteiger partial charge is 0.325 e. The molecule has 0 aromatic heterocycles. The van der Waals surface area contributed by atoms with Crippen LogP contribution in [0.15, 0.2) is 0 Å². The third-order valence-corrected chi connectivity index (χ3v) is 7.04. The molecule has 0 saturated carbocycles. The Kier molecular flexibility index (Phi) is 22.8. The molecule has 0 atom stereocenters. The van der Waals surface area contributed by atoms with Gasteiger partial charge < -0.3 is 9.79 Å². The van der Waals surface area contributed by atoms with E-state index in [0.29, 0.717) is 6.42 Å². The molecule has 170 valence electrons. The van der Waals surface area contributed by atoms with Gasteiger partial charge in [-0.25, -0.2) is 0 Å². The summed E-state index contributed by atoms with van der Waals surface area (Å²) in [6, 6.07) is 0. The first-order valence-corrected chi connectivity index (χ1v) is 15.1. The molecule has 0 radical (unpaired) electrons. The minimum Gasteiger partial charge on any atom is -0.324 e. The van der Waals surface area contributed by atoms with Crippen LogP contribution >= 0.6 is 23.5 Å². The molecule has 2 N–H and O–H groups in total. The average molecular weight is 484 g/mol. The Balaban J connectivity index is 3.02. The van der Waals surface area contributed by atoms with E-state index in [-0.39, 0.29) is 6.16 Å². The maximum atomic E-state index is 10.7. The molecule has 0 spiro atoms. The molecular formula is C23H48BrO3P. The van der Waals surface area contributed by atoms with Crippen molar-refractivity contribution in [1.82, 2.24) is 0 Å². The van der Waals surface area contributed by atoms with Crippen molar-refractivity contribution in [1.29, 1.82) is 0 Å². The second kappa shape index (κ2) is 22.3. The summed E-state index contributed by atoms with van der Waals surface area (Å²) in [7, 11) is -3.76. The highest BCUT2D eigenvalue weighted by atomic mass is 79.9. The Morgan fingerprint density at radius 2 is 0.643 bits per heavy atom. The molecule has 3 nitrogen and oxygen atoms in total. The van der Waals surface area contributed by atoms with Gasteiger partial charge in [-0.1, -0.05) is 138 Å². The first-order valence-electron chi connectivity index (χ1n) is 12.2. The number of alkyl halides is 1. The summed E-state index contributed by atoms with van der Waals surface area (Å²) in [6.07, 6.45) is 27.8. The van der Waals surface area contributed by atoms with E-state index < -0.39 is 7.60 Å². The van der Waals surface area contributed by atoms with Gasteiger partial charge in [0.25, 0.3) is 0 Å². The van der Waals surface area contributed by atoms with Gasteiger partial charge in [-0.05, 0) is 12.8 Å². The Morgan fingerprint density at radius 1 is 0.429 bits per heavy atom. The van der Waals surface area contributed by atoms with Gasteiger partial charge in [0.15, 0.2) is 0 Å². The lowest BCUT2D eigenvalue weighted by Gasteiger charge is -2.05. The van der Waals surface area contributed by atoms with Gasteiger partial charge in [-0.2, -0.15) is 0 Å². The molecule has 5 heteroatoms. The summed E-state index contributed by atoms with van der Waals surface area (Å²) < 4.78 is 10.7. The Labute approximate surface area is 184 Å². The molecule has 0 heterocycles. The molecule has 0 aromatic rings. The molecule has 0 rings (SSSR count). The first kappa shape index (κ1) is 28.6. The van der Waals surface area contributed by atoms with E-state index in [9.17, 15) is 4.57 Å². The quantitative estimate of drug-likeness (QED) is 0.0868. The third kappa shape index (κ3) is 26.6. The molecule has 0 fully saturated rings. The van der Waals surface area contributed by atoms with Crippen molar-refractivity contribution in [2.45, 2.75) is 135 Å². The maximum Gasteiger partial charge on any atom is 0.325 e. The van der Waals surface area contributed by atoms with Crippen LogP contribution in [0.4, 0.5) is 0 Å². The minimum absolute atomic E-state index is 0.0603. The normalized spacial score (nSPS) is 12.0. The topological polar surface area (TPSA) is 57.5 Å². The van der Waals surface area contributed by atoms with Crippen molar-refractivity contribution in [3.05, 3.63) is 0 Å². The van der Waals surface area contributed by atoms with Crippen LogP contribution in [-0.2, 0) is 4.57 Å². The fourth-order valence-corrected chi connectivity index (χ4v) is 4.80. The van der Waals surface area contributed by atoms with Crippen LogP contribution in [0.25, 0.3) is 0 Å². The van der Waals surface area contributed by atoms with Crippen molar-refractivity contribution in [2.24, 2.45) is 0 Å². The highest BCUT2D eigenvalue weighted by molar-refractivity contribution is 9.09. The Hall–Kier alpha value is 0.630. The van der Waals surface area contributed by atoms with Gasteiger partial charge in [0.05, 0.1) is 0 Å². The molecule has 0 aromatic carbocycles. The van der Waals surface area contributed by atoms with Crippen LogP contribution in [0.5, 0.6) is 0 Å². The lowest BCUT2D eigenvalue weighted by Crippen LogP contribution is -1.88. The van der Waals surface area contributed by atoms with E-state index in [1.165, 1.54) is 121 Å². The van der Waals surface area contributed by atoms with E-state index in [0.717, 1.165) is 12.8 Å². The summed E-state index contributed by atoms with van der Waals surface area (Å²) in [5.74, 6) is 0. The molecule has 0 amide bonds. The minimum atomic E-state index is -3.76. The van der Waals surface area contributed by atoms with Gasteiger partial charge in [0.1, 0.15) is 0 Å². The highest BCUT2D eigenvalue weighted by Gasteiger charge is 2.10. The summed E-state index contributed by atoms with van der Waals surface area (Å²) in [4.78, 5) is 17.6. The highest BCUT2D eigenvalue weighted by Crippen LogP contribution is 2.35. The van der Waals surface area contributed by atoms with Gasteiger partial charge in [0, 0.05) is 11.5 Å². The van der Waals surface area contributed by atoms with Gasteiger partial charge in [-0.15, -0.1) is 0 Å². The Bertz CT molecular complexity index is 347. The van der Waals surface area contributed by atoms with Crippen LogP contribution in [0.2, 0.25) is 0 Å². The van der Waals surface area contributed by atoms with Crippen LogP contribution in [0.3, 0.4) is 0 Å². The van der Waals surface area contributed by atoms with Crippen molar-refractivity contribution < 1.29 is 14.4 Å². The second-order valence-corrected chi connectivity index (χ2v) is 11.1. The van der Waals surface area contributed by atoms with Gasteiger partial charge >= 0.3 is 7.60 Å². The van der Waals surface area contributed by atoms with E-state index in [1.54, 1.807) is 0 Å². The zero-order valence-electron chi connectivity index (χ0n) is 18.4. The van der Waals surface area contributed by atoms with Crippen molar-refractivity contribution in [3.63, 3.8) is 0 Å². The smallest absolute Gasteiger partial charge is 0.324 e. The molecule has 0 aliphatic rings. The molecule has 0 aliphatic carbocycles. The number of hydrogen-bond donors (Lipinski definition) is 2. The summed E-state index contributed by atoms with van der Waals surface area (Å²) in [5, 5.41) is 1.17. The second-order valence-electron chi connectivity index (χ2n) is 8.50. The SMILES string of the molecule is O=P(O)(O)CCCCCCCCCCCCCCCCCCCCCCCBr. The monoisotopic (exact) mass is 482 g/mol. The fraction of sp³-hybridized carbons (Fsp3) is 1.00. The Morgan fingerprint density at radius 3 is 0.857 bits per heavy atom. The van der Waals surface area contributed by atoms with Crippen LogP contribution in [-0.4, -0.2) is 21.3 Å². The molecule has 0 saturated heterocycles. The lowest BCUT2D eigenvalue weighted by molar-refractivity contribution is 0.370. The predicted octanol–water partition coefficient (Wildman–Crippen LogP) is 8.75. The van der Waals surface area contributed by atoms with E-state index >= 15 is 0 Å². The van der Waals surface area contributed by atoms with Crippen molar-refractivity contribution in [2.75, 3.05) is 11.5 Å². The molecular weight excluding hydrogens is 435 g/mol. The summed E-state index contributed by atoms with van der Waals surface area (Å²) >= 11 is 3.49. The van der Waals surface area contributed by atoms with Crippen LogP contribution in [0.1, 0.15) is 135 Å². The average Bonchev–Trinajstić information content (AvgIpc) is 2.65. The van der Waals surface area contributed by atoms with Crippen LogP contribution < -0.4 is 0 Å². The fourth-order valence-electron chi connectivity index (χ4n) is 3.77. The van der Waals surface area contributed by atoms with Gasteiger partial charge in [-0.3, -0.25) is 4.57 Å². The first-order chi connectivity index (χ1) is 13.6. The standard InChI is InChI=1S/C23H48BrO3P/c24-22-20-18-16-14-12-10-8-6-4-2-1-3-5-7-9-11-13-15-17-19-21-23-28(25,26)27/h1-23H2,(H2,25,26,27). The predicted molar refractivity (Wildman–Crippen MR) is 128 cm³/mol. The number of rotatable bonds is 23. The van der Waals surface area contributed by atoms with Crippen molar-refractivity contribution in [3.8, 4) is 0 Å². The number of halogens is 1. The lowest BCUT2D eigenvalue weighted by atomic mass is 10.0. The zero-order chi connectivity index (χ0) is 20.8. The third-order valence-electron chi connectivity index (χ3n) is 5.58. The molecule has 28 heavy (non-hydrogen) atoms. The number of hydrogen-bond acceptors (Lipinski definition) is 1. The summed E-state index contributed by atoms with van der Waals surface area (Å²) in [5.41, 5.74) is 0. The molecule has 0 aliphatic heterocycles. The van der Waals surface area contributed by atoms with Crippen molar-refractivity contribution >= 4 is 23.5 Å². The summed E-state index contributed by atoms with van der Waals surface area (Å²) in [6.45, 7) is 0. The van der Waals surface area contributed by atoms with Gasteiger partial charge in [0.2, 0.25) is 0 Å². The number of unbranched alkanes of at least 4 members (excludes halogenated alkanes) is 20.